The third-order valence-corrected chi connectivity index (χ3v) is 4.88. The Morgan fingerprint density at radius 2 is 1.97 bits per heavy atom. The average molecular weight is 397 g/mol. The minimum Gasteiger partial charge on any atom is -0.450 e. The highest BCUT2D eigenvalue weighted by molar-refractivity contribution is 5.92. The number of benzene rings is 1. The largest absolute Gasteiger partial charge is 0.450 e. The van der Waals surface area contributed by atoms with Gasteiger partial charge in [0.25, 0.3) is 5.91 Å². The molecule has 2 aromatic rings. The van der Waals surface area contributed by atoms with E-state index < -0.39 is 0 Å². The molecule has 0 bridgehead atoms. The zero-order valence-electron chi connectivity index (χ0n) is 17.1. The molecular formula is C21H27N5O3. The number of hydrogen-bond acceptors (Lipinski definition) is 6. The van der Waals surface area contributed by atoms with E-state index in [-0.39, 0.29) is 18.0 Å². The summed E-state index contributed by atoms with van der Waals surface area (Å²) in [6.45, 7) is 7.29. The summed E-state index contributed by atoms with van der Waals surface area (Å²) < 4.78 is 5.02. The average Bonchev–Trinajstić information content (AvgIpc) is 2.71. The van der Waals surface area contributed by atoms with Crippen LogP contribution in [0.5, 0.6) is 0 Å². The number of rotatable bonds is 5. The van der Waals surface area contributed by atoms with Crippen LogP contribution in [0.1, 0.15) is 41.4 Å². The van der Waals surface area contributed by atoms with Gasteiger partial charge >= 0.3 is 6.09 Å². The summed E-state index contributed by atoms with van der Waals surface area (Å²) in [6, 6.07) is 7.67. The first kappa shape index (κ1) is 20.6. The van der Waals surface area contributed by atoms with Crippen molar-refractivity contribution >= 4 is 23.6 Å². The third-order valence-electron chi connectivity index (χ3n) is 4.88. The minimum atomic E-state index is -0.296. The number of likely N-dealkylation sites (tertiary alicyclic amines) is 1. The molecule has 2 N–H and O–H groups in total. The molecule has 8 nitrogen and oxygen atoms in total. The maximum atomic E-state index is 12.6. The van der Waals surface area contributed by atoms with E-state index >= 15 is 0 Å². The van der Waals surface area contributed by atoms with E-state index in [0.717, 1.165) is 16.8 Å². The van der Waals surface area contributed by atoms with Crippen molar-refractivity contribution in [3.8, 4) is 0 Å². The second-order valence-electron chi connectivity index (χ2n) is 7.14. The summed E-state index contributed by atoms with van der Waals surface area (Å²) in [7, 11) is 0. The van der Waals surface area contributed by atoms with Crippen LogP contribution in [-0.4, -0.2) is 52.6 Å². The van der Waals surface area contributed by atoms with Gasteiger partial charge in [-0.3, -0.25) is 4.79 Å². The summed E-state index contributed by atoms with van der Waals surface area (Å²) in [5, 5.41) is 6.18. The smallest absolute Gasteiger partial charge is 0.409 e. The van der Waals surface area contributed by atoms with Gasteiger partial charge < -0.3 is 20.3 Å². The molecule has 1 saturated heterocycles. The van der Waals surface area contributed by atoms with Crippen molar-refractivity contribution in [3.63, 3.8) is 0 Å². The molecule has 0 unspecified atom stereocenters. The standard InChI is InChI=1S/C21H27N5O3/c1-4-29-21(28)26-11-8-16(9-12-26)23-19(27)17-7-10-22-20(24-17)25-18-13-14(2)5-6-15(18)3/h5-7,10,13,16H,4,8-9,11-12H2,1-3H3,(H,23,27)(H,22,24,25). The molecule has 0 spiro atoms. The van der Waals surface area contributed by atoms with Gasteiger partial charge in [0, 0.05) is 31.0 Å². The maximum absolute atomic E-state index is 12.6. The van der Waals surface area contributed by atoms with Gasteiger partial charge in [-0.1, -0.05) is 12.1 Å². The first-order valence-electron chi connectivity index (χ1n) is 9.86. The Balaban J connectivity index is 1.59. The van der Waals surface area contributed by atoms with E-state index in [1.165, 1.54) is 0 Å². The van der Waals surface area contributed by atoms with Crippen LogP contribution >= 0.6 is 0 Å². The predicted molar refractivity (Wildman–Crippen MR) is 110 cm³/mol. The molecule has 8 heteroatoms. The molecule has 2 amide bonds. The molecule has 0 saturated carbocycles. The molecule has 154 valence electrons. The van der Waals surface area contributed by atoms with Crippen molar-refractivity contribution in [1.29, 1.82) is 0 Å². The van der Waals surface area contributed by atoms with Gasteiger partial charge in [0.2, 0.25) is 5.95 Å². The molecule has 0 radical (unpaired) electrons. The van der Waals surface area contributed by atoms with Crippen LogP contribution in [0.15, 0.2) is 30.5 Å². The van der Waals surface area contributed by atoms with Crippen LogP contribution in [0, 0.1) is 13.8 Å². The number of aromatic nitrogens is 2. The summed E-state index contributed by atoms with van der Waals surface area (Å²) in [5.74, 6) is 0.134. The van der Waals surface area contributed by atoms with E-state index in [0.29, 0.717) is 44.2 Å². The Morgan fingerprint density at radius 3 is 2.69 bits per heavy atom. The molecule has 2 heterocycles. The highest BCUT2D eigenvalue weighted by Crippen LogP contribution is 2.20. The lowest BCUT2D eigenvalue weighted by Gasteiger charge is -2.31. The molecule has 0 atom stereocenters. The van der Waals surface area contributed by atoms with Crippen LogP contribution in [0.2, 0.25) is 0 Å². The number of amides is 2. The van der Waals surface area contributed by atoms with Gasteiger partial charge in [0.15, 0.2) is 0 Å². The van der Waals surface area contributed by atoms with Gasteiger partial charge in [-0.05, 0) is 56.9 Å². The fourth-order valence-electron chi connectivity index (χ4n) is 3.22. The predicted octanol–water partition coefficient (Wildman–Crippen LogP) is 3.19. The summed E-state index contributed by atoms with van der Waals surface area (Å²) >= 11 is 0. The van der Waals surface area contributed by atoms with Crippen molar-refractivity contribution in [3.05, 3.63) is 47.3 Å². The molecule has 1 aromatic carbocycles. The van der Waals surface area contributed by atoms with E-state index in [2.05, 4.69) is 20.6 Å². The molecule has 29 heavy (non-hydrogen) atoms. The number of nitrogens with zero attached hydrogens (tertiary/aromatic N) is 3. The Bertz CT molecular complexity index is 878. The second kappa shape index (κ2) is 9.36. The number of carbonyl (C=O) groups is 2. The Hall–Kier alpha value is -3.16. The van der Waals surface area contributed by atoms with E-state index in [1.807, 2.05) is 32.0 Å². The quantitative estimate of drug-likeness (QED) is 0.804. The first-order chi connectivity index (χ1) is 14.0. The first-order valence-corrected chi connectivity index (χ1v) is 9.86. The molecule has 1 aromatic heterocycles. The normalized spacial score (nSPS) is 14.4. The lowest BCUT2D eigenvalue weighted by atomic mass is 10.1. The lowest BCUT2D eigenvalue weighted by molar-refractivity contribution is 0.0856. The molecule has 1 aliphatic rings. The number of hydrogen-bond donors (Lipinski definition) is 2. The monoisotopic (exact) mass is 397 g/mol. The van der Waals surface area contributed by atoms with Crippen LogP contribution in [0.3, 0.4) is 0 Å². The van der Waals surface area contributed by atoms with Gasteiger partial charge in [-0.2, -0.15) is 0 Å². The van der Waals surface area contributed by atoms with Crippen molar-refractivity contribution in [1.82, 2.24) is 20.2 Å². The molecular weight excluding hydrogens is 370 g/mol. The zero-order chi connectivity index (χ0) is 20.8. The topological polar surface area (TPSA) is 96.5 Å². The summed E-state index contributed by atoms with van der Waals surface area (Å²) in [6.07, 6.45) is 2.64. The van der Waals surface area contributed by atoms with Gasteiger partial charge in [-0.15, -0.1) is 0 Å². The van der Waals surface area contributed by atoms with Crippen molar-refractivity contribution in [2.24, 2.45) is 0 Å². The lowest BCUT2D eigenvalue weighted by Crippen LogP contribution is -2.46. The van der Waals surface area contributed by atoms with Crippen LogP contribution < -0.4 is 10.6 Å². The fourth-order valence-corrected chi connectivity index (χ4v) is 3.22. The Kier molecular flexibility index (Phi) is 6.64. The van der Waals surface area contributed by atoms with Crippen molar-refractivity contribution in [2.45, 2.75) is 39.7 Å². The van der Waals surface area contributed by atoms with Gasteiger partial charge in [0.1, 0.15) is 5.69 Å². The van der Waals surface area contributed by atoms with Crippen LogP contribution in [0.25, 0.3) is 0 Å². The van der Waals surface area contributed by atoms with E-state index in [9.17, 15) is 9.59 Å². The Labute approximate surface area is 170 Å². The highest BCUT2D eigenvalue weighted by atomic mass is 16.6. The SMILES string of the molecule is CCOC(=O)N1CCC(NC(=O)c2ccnc(Nc3cc(C)ccc3C)n2)CC1. The third kappa shape index (κ3) is 5.43. The Morgan fingerprint density at radius 1 is 1.21 bits per heavy atom. The number of aryl methyl sites for hydroxylation is 2. The van der Waals surface area contributed by atoms with Gasteiger partial charge in [-0.25, -0.2) is 14.8 Å². The highest BCUT2D eigenvalue weighted by Gasteiger charge is 2.25. The number of ether oxygens (including phenoxy) is 1. The zero-order valence-corrected chi connectivity index (χ0v) is 17.1. The van der Waals surface area contributed by atoms with E-state index in [4.69, 9.17) is 4.74 Å². The van der Waals surface area contributed by atoms with Crippen LogP contribution in [0.4, 0.5) is 16.4 Å². The van der Waals surface area contributed by atoms with Gasteiger partial charge in [0.05, 0.1) is 6.61 Å². The minimum absolute atomic E-state index is 0.00133. The second-order valence-corrected chi connectivity index (χ2v) is 7.14. The number of piperidine rings is 1. The summed E-state index contributed by atoms with van der Waals surface area (Å²) in [5.41, 5.74) is 3.41. The summed E-state index contributed by atoms with van der Waals surface area (Å²) in [4.78, 5) is 34.6. The van der Waals surface area contributed by atoms with E-state index in [1.54, 1.807) is 24.1 Å². The number of anilines is 2. The maximum Gasteiger partial charge on any atom is 0.409 e. The van der Waals surface area contributed by atoms with Crippen LogP contribution in [-0.2, 0) is 4.74 Å². The number of nitrogens with one attached hydrogen (secondary N) is 2. The molecule has 1 aliphatic heterocycles. The number of carbonyl (C=O) groups excluding carboxylic acids is 2. The van der Waals surface area contributed by atoms with Crippen molar-refractivity contribution < 1.29 is 14.3 Å². The molecule has 3 rings (SSSR count). The molecule has 1 fully saturated rings. The fraction of sp³-hybridized carbons (Fsp3) is 0.429. The molecule has 0 aliphatic carbocycles. The van der Waals surface area contributed by atoms with Crippen molar-refractivity contribution in [2.75, 3.05) is 25.0 Å².